The SMILES string of the molecule is Nc1c(NCC2CCCO2)ncnc1NNC(=O)c1cccnc1. The van der Waals surface area contributed by atoms with E-state index in [0.29, 0.717) is 29.4 Å². The van der Waals surface area contributed by atoms with Crippen LogP contribution in [-0.2, 0) is 4.74 Å². The van der Waals surface area contributed by atoms with Crippen LogP contribution in [0.25, 0.3) is 0 Å². The van der Waals surface area contributed by atoms with Gasteiger partial charge in [-0.1, -0.05) is 0 Å². The van der Waals surface area contributed by atoms with Crippen LogP contribution < -0.4 is 21.9 Å². The maximum Gasteiger partial charge on any atom is 0.271 e. The van der Waals surface area contributed by atoms with Gasteiger partial charge >= 0.3 is 0 Å². The number of nitrogens with one attached hydrogen (secondary N) is 3. The van der Waals surface area contributed by atoms with E-state index in [0.717, 1.165) is 19.4 Å². The molecule has 3 rings (SSSR count). The monoisotopic (exact) mass is 329 g/mol. The van der Waals surface area contributed by atoms with Crippen LogP contribution in [0.15, 0.2) is 30.9 Å². The van der Waals surface area contributed by atoms with Crippen LogP contribution in [-0.4, -0.2) is 40.1 Å². The van der Waals surface area contributed by atoms with Gasteiger partial charge in [0.2, 0.25) is 0 Å². The fraction of sp³-hybridized carbons (Fsp3) is 0.333. The topological polar surface area (TPSA) is 127 Å². The van der Waals surface area contributed by atoms with Gasteiger partial charge in [0.25, 0.3) is 5.91 Å². The maximum absolute atomic E-state index is 12.0. The van der Waals surface area contributed by atoms with E-state index in [1.165, 1.54) is 12.5 Å². The second kappa shape index (κ2) is 7.55. The van der Waals surface area contributed by atoms with Crippen LogP contribution in [0.3, 0.4) is 0 Å². The van der Waals surface area contributed by atoms with Crippen LogP contribution in [0.5, 0.6) is 0 Å². The molecule has 1 aliphatic heterocycles. The molecule has 0 bridgehead atoms. The summed E-state index contributed by atoms with van der Waals surface area (Å²) in [5.41, 5.74) is 12.0. The highest BCUT2D eigenvalue weighted by Gasteiger charge is 2.16. The summed E-state index contributed by atoms with van der Waals surface area (Å²) in [5, 5.41) is 3.15. The predicted molar refractivity (Wildman–Crippen MR) is 89.2 cm³/mol. The van der Waals surface area contributed by atoms with Gasteiger partial charge in [0.1, 0.15) is 12.0 Å². The van der Waals surface area contributed by atoms with Crippen molar-refractivity contribution in [3.8, 4) is 0 Å². The Kier molecular flexibility index (Phi) is 5.02. The van der Waals surface area contributed by atoms with Crippen molar-refractivity contribution in [3.63, 3.8) is 0 Å². The molecule has 1 saturated heterocycles. The van der Waals surface area contributed by atoms with E-state index in [9.17, 15) is 4.79 Å². The molecular weight excluding hydrogens is 310 g/mol. The quantitative estimate of drug-likeness (QED) is 0.573. The molecule has 3 heterocycles. The summed E-state index contributed by atoms with van der Waals surface area (Å²) in [6.07, 6.45) is 6.68. The molecule has 9 heteroatoms. The molecular formula is C15H19N7O2. The number of rotatable bonds is 6. The Morgan fingerprint density at radius 3 is 3.00 bits per heavy atom. The average Bonchev–Trinajstić information content (AvgIpc) is 3.14. The summed E-state index contributed by atoms with van der Waals surface area (Å²) in [5.74, 6) is 0.477. The van der Waals surface area contributed by atoms with Gasteiger partial charge in [0, 0.05) is 25.5 Å². The Labute approximate surface area is 139 Å². The first kappa shape index (κ1) is 15.9. The van der Waals surface area contributed by atoms with Crippen molar-refractivity contribution in [1.82, 2.24) is 20.4 Å². The summed E-state index contributed by atoms with van der Waals surface area (Å²) < 4.78 is 5.55. The summed E-state index contributed by atoms with van der Waals surface area (Å²) in [4.78, 5) is 24.0. The highest BCUT2D eigenvalue weighted by Crippen LogP contribution is 2.22. The summed E-state index contributed by atoms with van der Waals surface area (Å²) in [6, 6.07) is 3.34. The number of anilines is 3. The van der Waals surface area contributed by atoms with Crippen molar-refractivity contribution in [1.29, 1.82) is 0 Å². The molecule has 0 spiro atoms. The Morgan fingerprint density at radius 2 is 2.25 bits per heavy atom. The minimum Gasteiger partial charge on any atom is -0.393 e. The molecule has 1 aliphatic rings. The van der Waals surface area contributed by atoms with Crippen LogP contribution in [0.1, 0.15) is 23.2 Å². The smallest absolute Gasteiger partial charge is 0.271 e. The van der Waals surface area contributed by atoms with Gasteiger partial charge < -0.3 is 15.8 Å². The van der Waals surface area contributed by atoms with Crippen LogP contribution in [0, 0.1) is 0 Å². The van der Waals surface area contributed by atoms with E-state index in [-0.39, 0.29) is 12.0 Å². The fourth-order valence-corrected chi connectivity index (χ4v) is 2.34. The molecule has 1 fully saturated rings. The minimum atomic E-state index is -0.338. The van der Waals surface area contributed by atoms with Crippen molar-refractivity contribution < 1.29 is 9.53 Å². The lowest BCUT2D eigenvalue weighted by Gasteiger charge is -2.15. The van der Waals surface area contributed by atoms with E-state index < -0.39 is 0 Å². The number of nitrogens with two attached hydrogens (primary N) is 1. The van der Waals surface area contributed by atoms with Crippen LogP contribution in [0.2, 0.25) is 0 Å². The highest BCUT2D eigenvalue weighted by atomic mass is 16.5. The number of hydrazine groups is 1. The fourth-order valence-electron chi connectivity index (χ4n) is 2.34. The second-order valence-electron chi connectivity index (χ2n) is 5.32. The molecule has 126 valence electrons. The molecule has 0 radical (unpaired) electrons. The van der Waals surface area contributed by atoms with Gasteiger partial charge in [-0.25, -0.2) is 9.97 Å². The number of hydrogen-bond donors (Lipinski definition) is 4. The van der Waals surface area contributed by atoms with Gasteiger partial charge in [-0.3, -0.25) is 20.6 Å². The largest absolute Gasteiger partial charge is 0.393 e. The number of carbonyl (C=O) groups excluding carboxylic acids is 1. The zero-order valence-corrected chi connectivity index (χ0v) is 13.0. The number of pyridine rings is 1. The molecule has 0 saturated carbocycles. The molecule has 1 unspecified atom stereocenters. The van der Waals surface area contributed by atoms with Crippen molar-refractivity contribution in [2.24, 2.45) is 0 Å². The molecule has 0 aliphatic carbocycles. The van der Waals surface area contributed by atoms with E-state index in [1.54, 1.807) is 18.3 Å². The number of nitrogen functional groups attached to an aromatic ring is 1. The number of nitrogens with zero attached hydrogens (tertiary/aromatic N) is 3. The first-order chi connectivity index (χ1) is 11.7. The molecule has 9 nitrogen and oxygen atoms in total. The van der Waals surface area contributed by atoms with Crippen LogP contribution in [0.4, 0.5) is 17.3 Å². The van der Waals surface area contributed by atoms with Crippen molar-refractivity contribution >= 4 is 23.2 Å². The first-order valence-electron chi connectivity index (χ1n) is 7.66. The molecule has 2 aromatic heterocycles. The van der Waals surface area contributed by atoms with Crippen molar-refractivity contribution in [2.75, 3.05) is 29.6 Å². The second-order valence-corrected chi connectivity index (χ2v) is 5.32. The lowest BCUT2D eigenvalue weighted by atomic mass is 10.2. The lowest BCUT2D eigenvalue weighted by Crippen LogP contribution is -2.30. The van der Waals surface area contributed by atoms with Gasteiger partial charge in [0.15, 0.2) is 11.6 Å². The lowest BCUT2D eigenvalue weighted by molar-refractivity contribution is 0.0962. The van der Waals surface area contributed by atoms with E-state index >= 15 is 0 Å². The normalized spacial score (nSPS) is 16.6. The maximum atomic E-state index is 12.0. The van der Waals surface area contributed by atoms with Gasteiger partial charge in [-0.2, -0.15) is 0 Å². The summed E-state index contributed by atoms with van der Waals surface area (Å²) >= 11 is 0. The Morgan fingerprint density at radius 1 is 1.38 bits per heavy atom. The molecule has 1 atom stereocenters. The molecule has 1 amide bonds. The molecule has 5 N–H and O–H groups in total. The summed E-state index contributed by atoms with van der Waals surface area (Å²) in [7, 11) is 0. The number of aromatic nitrogens is 3. The number of amides is 1. The summed E-state index contributed by atoms with van der Waals surface area (Å²) in [6.45, 7) is 1.42. The molecule has 0 aromatic carbocycles. The number of hydrogen-bond acceptors (Lipinski definition) is 8. The standard InChI is InChI=1S/C15H19N7O2/c16-12-13(18-8-11-4-2-6-24-11)19-9-20-14(12)21-22-15(23)10-3-1-5-17-7-10/h1,3,5,7,9,11H,2,4,6,8,16H2,(H,22,23)(H2,18,19,20,21). The average molecular weight is 329 g/mol. The van der Waals surface area contributed by atoms with Crippen molar-refractivity contribution in [3.05, 3.63) is 36.4 Å². The van der Waals surface area contributed by atoms with Gasteiger partial charge in [-0.15, -0.1) is 0 Å². The minimum absolute atomic E-state index is 0.168. The third kappa shape index (κ3) is 3.87. The zero-order chi connectivity index (χ0) is 16.8. The Balaban J connectivity index is 1.59. The molecule has 2 aromatic rings. The van der Waals surface area contributed by atoms with E-state index in [1.807, 2.05) is 0 Å². The third-order valence-electron chi connectivity index (χ3n) is 3.62. The van der Waals surface area contributed by atoms with E-state index in [2.05, 4.69) is 31.1 Å². The predicted octanol–water partition coefficient (Wildman–Crippen LogP) is 0.802. The van der Waals surface area contributed by atoms with Crippen molar-refractivity contribution in [2.45, 2.75) is 18.9 Å². The zero-order valence-electron chi connectivity index (χ0n) is 13.0. The Bertz CT molecular complexity index is 689. The van der Waals surface area contributed by atoms with E-state index in [4.69, 9.17) is 10.5 Å². The number of carbonyl (C=O) groups is 1. The molecule has 24 heavy (non-hydrogen) atoms. The highest BCUT2D eigenvalue weighted by molar-refractivity contribution is 5.94. The van der Waals surface area contributed by atoms with Gasteiger partial charge in [0.05, 0.1) is 11.7 Å². The third-order valence-corrected chi connectivity index (χ3v) is 3.62. The van der Waals surface area contributed by atoms with Gasteiger partial charge in [-0.05, 0) is 25.0 Å². The number of ether oxygens (including phenoxy) is 1. The first-order valence-corrected chi connectivity index (χ1v) is 7.66. The van der Waals surface area contributed by atoms with Crippen LogP contribution >= 0.6 is 0 Å². The Hall–Kier alpha value is -2.94.